The number of ketones is 1. The number of nitrogens with one attached hydrogen (secondary N) is 1. The summed E-state index contributed by atoms with van der Waals surface area (Å²) in [5.74, 6) is -2.79. The molecule has 2 atom stereocenters. The van der Waals surface area contributed by atoms with Gasteiger partial charge in [-0.1, -0.05) is 49.4 Å². The lowest BCUT2D eigenvalue weighted by molar-refractivity contribution is -0.146. The molecule has 0 aromatic heterocycles. The Balaban J connectivity index is 1.80. The molecule has 138 valence electrons. The smallest absolute Gasteiger partial charge is 0.314 e. The molecule has 0 amide bonds. The summed E-state index contributed by atoms with van der Waals surface area (Å²) < 4.78 is 5.62. The van der Waals surface area contributed by atoms with Crippen LogP contribution in [0.3, 0.4) is 0 Å². The maximum Gasteiger partial charge on any atom is 0.314 e. The Morgan fingerprint density at radius 1 is 1.08 bits per heavy atom. The molecule has 2 rings (SSSR count). The molecule has 5 nitrogen and oxygen atoms in total. The summed E-state index contributed by atoms with van der Waals surface area (Å²) in [4.78, 5) is 22.8. The van der Waals surface area contributed by atoms with Gasteiger partial charge in [0.1, 0.15) is 11.7 Å². The molecule has 2 aromatic rings. The molecule has 0 aliphatic heterocycles. The van der Waals surface area contributed by atoms with Crippen molar-refractivity contribution in [2.24, 2.45) is 5.92 Å². The van der Waals surface area contributed by atoms with Crippen LogP contribution < -0.4 is 5.32 Å². The number of hydrogen-bond donors (Lipinski definition) is 2. The largest absolute Gasteiger partial charge is 0.481 e. The van der Waals surface area contributed by atoms with Gasteiger partial charge in [-0.05, 0) is 30.2 Å². The van der Waals surface area contributed by atoms with Crippen molar-refractivity contribution in [1.29, 1.82) is 0 Å². The standard InChI is InChI=1S/C21H25NO4/c1-15(20(16(2)23)21(24)25)18-8-10-19(11-9-18)22-12-13-26-14-17-6-4-3-5-7-17/h3-11,15,20,22H,12-14H2,1-2H3,(H,24,25). The van der Waals surface area contributed by atoms with Gasteiger partial charge in [0.15, 0.2) is 0 Å². The Morgan fingerprint density at radius 2 is 1.73 bits per heavy atom. The molecule has 2 aromatic carbocycles. The predicted molar refractivity (Wildman–Crippen MR) is 101 cm³/mol. The lowest BCUT2D eigenvalue weighted by Crippen LogP contribution is -2.27. The first-order valence-corrected chi connectivity index (χ1v) is 8.68. The highest BCUT2D eigenvalue weighted by molar-refractivity contribution is 5.97. The molecule has 26 heavy (non-hydrogen) atoms. The van der Waals surface area contributed by atoms with E-state index in [4.69, 9.17) is 4.74 Å². The van der Waals surface area contributed by atoms with Gasteiger partial charge in [0.25, 0.3) is 0 Å². The number of carbonyl (C=O) groups is 2. The fourth-order valence-corrected chi connectivity index (χ4v) is 2.87. The molecule has 5 heteroatoms. The summed E-state index contributed by atoms with van der Waals surface area (Å²) in [5, 5.41) is 12.5. The van der Waals surface area contributed by atoms with Crippen LogP contribution >= 0.6 is 0 Å². The molecule has 0 bridgehead atoms. The van der Waals surface area contributed by atoms with Crippen molar-refractivity contribution in [3.05, 3.63) is 65.7 Å². The maximum atomic E-state index is 11.6. The number of rotatable bonds is 10. The first-order valence-electron chi connectivity index (χ1n) is 8.68. The zero-order chi connectivity index (χ0) is 18.9. The minimum atomic E-state index is -1.08. The molecule has 0 fully saturated rings. The molecule has 0 saturated heterocycles. The van der Waals surface area contributed by atoms with Crippen molar-refractivity contribution in [3.8, 4) is 0 Å². The molecule has 0 aliphatic rings. The molecule has 0 heterocycles. The van der Waals surface area contributed by atoms with Crippen molar-refractivity contribution in [3.63, 3.8) is 0 Å². The molecule has 2 unspecified atom stereocenters. The number of hydrogen-bond acceptors (Lipinski definition) is 4. The van der Waals surface area contributed by atoms with Crippen LogP contribution in [0, 0.1) is 5.92 Å². The summed E-state index contributed by atoms with van der Waals surface area (Å²) in [5.41, 5.74) is 2.90. The van der Waals surface area contributed by atoms with Crippen molar-refractivity contribution in [2.45, 2.75) is 26.4 Å². The Hall–Kier alpha value is -2.66. The summed E-state index contributed by atoms with van der Waals surface area (Å²) in [6, 6.07) is 17.5. The number of aliphatic carboxylic acids is 1. The van der Waals surface area contributed by atoms with Gasteiger partial charge in [-0.3, -0.25) is 9.59 Å². The zero-order valence-electron chi connectivity index (χ0n) is 15.1. The van der Waals surface area contributed by atoms with Gasteiger partial charge in [0, 0.05) is 18.2 Å². The van der Waals surface area contributed by atoms with Crippen LogP contribution in [0.2, 0.25) is 0 Å². The Bertz CT molecular complexity index is 699. The first kappa shape index (κ1) is 19.7. The van der Waals surface area contributed by atoms with Gasteiger partial charge in [0.2, 0.25) is 0 Å². The van der Waals surface area contributed by atoms with E-state index in [1.54, 1.807) is 6.92 Å². The summed E-state index contributed by atoms with van der Waals surface area (Å²) in [6.45, 7) is 4.92. The quantitative estimate of drug-likeness (QED) is 0.502. The lowest BCUT2D eigenvalue weighted by atomic mass is 9.85. The van der Waals surface area contributed by atoms with E-state index in [2.05, 4.69) is 5.32 Å². The molecule has 2 N–H and O–H groups in total. The van der Waals surface area contributed by atoms with Gasteiger partial charge < -0.3 is 15.2 Å². The summed E-state index contributed by atoms with van der Waals surface area (Å²) >= 11 is 0. The van der Waals surface area contributed by atoms with Gasteiger partial charge in [0.05, 0.1) is 13.2 Å². The van der Waals surface area contributed by atoms with Crippen LogP contribution in [0.1, 0.15) is 30.9 Å². The van der Waals surface area contributed by atoms with Crippen molar-refractivity contribution in [1.82, 2.24) is 0 Å². The van der Waals surface area contributed by atoms with Crippen LogP contribution in [0.5, 0.6) is 0 Å². The molecular formula is C21H25NO4. The fourth-order valence-electron chi connectivity index (χ4n) is 2.87. The Kier molecular flexibility index (Phi) is 7.36. The average Bonchev–Trinajstić information content (AvgIpc) is 2.62. The summed E-state index contributed by atoms with van der Waals surface area (Å²) in [7, 11) is 0. The Morgan fingerprint density at radius 3 is 2.31 bits per heavy atom. The van der Waals surface area contributed by atoms with Crippen LogP contribution in [0.15, 0.2) is 54.6 Å². The van der Waals surface area contributed by atoms with E-state index in [-0.39, 0.29) is 11.7 Å². The second-order valence-corrected chi connectivity index (χ2v) is 6.30. The number of anilines is 1. The van der Waals surface area contributed by atoms with Crippen molar-refractivity contribution >= 4 is 17.4 Å². The van der Waals surface area contributed by atoms with Crippen LogP contribution in [0.25, 0.3) is 0 Å². The van der Waals surface area contributed by atoms with Gasteiger partial charge in [-0.25, -0.2) is 0 Å². The minimum absolute atomic E-state index is 0.331. The Labute approximate surface area is 154 Å². The number of carboxylic acid groups (broad SMARTS) is 1. The van der Waals surface area contributed by atoms with Crippen LogP contribution in [0.4, 0.5) is 5.69 Å². The number of Topliss-reactive ketones (excluding diaryl/α,β-unsaturated/α-hetero) is 1. The second kappa shape index (κ2) is 9.73. The first-order chi connectivity index (χ1) is 12.5. The topological polar surface area (TPSA) is 75.6 Å². The average molecular weight is 355 g/mol. The highest BCUT2D eigenvalue weighted by atomic mass is 16.5. The van der Waals surface area contributed by atoms with E-state index < -0.39 is 11.9 Å². The van der Waals surface area contributed by atoms with Crippen LogP contribution in [-0.2, 0) is 20.9 Å². The second-order valence-electron chi connectivity index (χ2n) is 6.30. The predicted octanol–water partition coefficient (Wildman–Crippen LogP) is 3.71. The van der Waals surface area contributed by atoms with Gasteiger partial charge >= 0.3 is 5.97 Å². The monoisotopic (exact) mass is 355 g/mol. The number of benzene rings is 2. The molecular weight excluding hydrogens is 330 g/mol. The number of carboxylic acids is 1. The van der Waals surface area contributed by atoms with E-state index in [1.165, 1.54) is 6.92 Å². The van der Waals surface area contributed by atoms with E-state index >= 15 is 0 Å². The number of carbonyl (C=O) groups excluding carboxylic acids is 1. The maximum absolute atomic E-state index is 11.6. The fraction of sp³-hybridized carbons (Fsp3) is 0.333. The minimum Gasteiger partial charge on any atom is -0.481 e. The summed E-state index contributed by atoms with van der Waals surface area (Å²) in [6.07, 6.45) is 0. The molecule has 0 aliphatic carbocycles. The van der Waals surface area contributed by atoms with E-state index in [0.717, 1.165) is 16.8 Å². The highest BCUT2D eigenvalue weighted by Gasteiger charge is 2.30. The SMILES string of the molecule is CC(=O)C(C(=O)O)C(C)c1ccc(NCCOCc2ccccc2)cc1. The number of ether oxygens (including phenoxy) is 1. The molecule has 0 saturated carbocycles. The third-order valence-electron chi connectivity index (χ3n) is 4.33. The van der Waals surface area contributed by atoms with E-state index in [1.807, 2.05) is 54.6 Å². The van der Waals surface area contributed by atoms with Gasteiger partial charge in [-0.2, -0.15) is 0 Å². The zero-order valence-corrected chi connectivity index (χ0v) is 15.1. The van der Waals surface area contributed by atoms with E-state index in [9.17, 15) is 14.7 Å². The van der Waals surface area contributed by atoms with Crippen LogP contribution in [-0.4, -0.2) is 30.0 Å². The van der Waals surface area contributed by atoms with Crippen molar-refractivity contribution < 1.29 is 19.4 Å². The normalized spacial score (nSPS) is 13.0. The molecule has 0 spiro atoms. The third-order valence-corrected chi connectivity index (χ3v) is 4.33. The molecule has 0 radical (unpaired) electrons. The third kappa shape index (κ3) is 5.70. The van der Waals surface area contributed by atoms with Crippen molar-refractivity contribution in [2.75, 3.05) is 18.5 Å². The van der Waals surface area contributed by atoms with Gasteiger partial charge in [-0.15, -0.1) is 0 Å². The lowest BCUT2D eigenvalue weighted by Gasteiger charge is -2.18. The highest BCUT2D eigenvalue weighted by Crippen LogP contribution is 2.26. The van der Waals surface area contributed by atoms with E-state index in [0.29, 0.717) is 19.8 Å².